The van der Waals surface area contributed by atoms with E-state index in [4.69, 9.17) is 64.6 Å². The molecule has 6 heterocycles. The number of aliphatic hydroxyl groups excluding tert-OH is 9. The molecule has 0 radical (unpaired) electrons. The van der Waals surface area contributed by atoms with Gasteiger partial charge in [-0.05, 0) is 99.3 Å². The fourth-order valence-electron chi connectivity index (χ4n) is 12.5. The van der Waals surface area contributed by atoms with Crippen LogP contribution in [0.5, 0.6) is 0 Å². The lowest BCUT2D eigenvalue weighted by atomic mass is 9.92. The number of phosphoric acid groups is 4. The van der Waals surface area contributed by atoms with Gasteiger partial charge in [-0.25, -0.2) is 18.3 Å². The van der Waals surface area contributed by atoms with Gasteiger partial charge in [-0.2, -0.15) is 0 Å². The molecule has 6 aliphatic rings. The van der Waals surface area contributed by atoms with E-state index in [0.717, 1.165) is 0 Å². The predicted octanol–water partition coefficient (Wildman–Crippen LogP) is 0.812. The van der Waals surface area contributed by atoms with E-state index in [1.54, 1.807) is 20.8 Å². The van der Waals surface area contributed by atoms with E-state index in [1.807, 2.05) is 0 Å². The minimum Gasteiger partial charge on any atom is -0.394 e. The van der Waals surface area contributed by atoms with E-state index < -0.39 is 234 Å². The van der Waals surface area contributed by atoms with Gasteiger partial charge in [-0.15, -0.1) is 0 Å². The third kappa shape index (κ3) is 26.6. The number of carbonyl (C=O) groups excluding carboxylic acids is 3. The molecule has 0 aliphatic carbocycles. The zero-order chi connectivity index (χ0) is 74.5. The van der Waals surface area contributed by atoms with Gasteiger partial charge in [0, 0.05) is 76.5 Å². The summed E-state index contributed by atoms with van der Waals surface area (Å²) >= 11 is 0. The molecule has 6 fully saturated rings. The second-order valence-electron chi connectivity index (χ2n) is 28.3. The van der Waals surface area contributed by atoms with E-state index in [9.17, 15) is 98.2 Å². The molecule has 41 heteroatoms. The number of amides is 3. The van der Waals surface area contributed by atoms with Crippen LogP contribution in [0.15, 0.2) is 0 Å². The predicted molar refractivity (Wildman–Crippen MR) is 344 cm³/mol. The van der Waals surface area contributed by atoms with E-state index in [2.05, 4.69) is 0 Å². The average Bonchev–Trinajstić information content (AvgIpc) is 1.45. The summed E-state index contributed by atoms with van der Waals surface area (Å²) < 4.78 is 132. The molecule has 0 saturated carbocycles. The quantitative estimate of drug-likeness (QED) is 0.0300. The second-order valence-corrected chi connectivity index (χ2v) is 33.9. The van der Waals surface area contributed by atoms with Crippen molar-refractivity contribution in [2.24, 2.45) is 17.8 Å². The third-order valence-electron chi connectivity index (χ3n) is 17.8. The first-order valence-electron chi connectivity index (χ1n) is 33.9. The van der Waals surface area contributed by atoms with Gasteiger partial charge < -0.3 is 109 Å². The summed E-state index contributed by atoms with van der Waals surface area (Å²) in [6, 6.07) is -3.23. The van der Waals surface area contributed by atoms with Gasteiger partial charge in [-0.1, -0.05) is 20.8 Å². The van der Waals surface area contributed by atoms with Gasteiger partial charge in [0.2, 0.25) is 17.7 Å². The number of ether oxygens (including phenoxy) is 6. The van der Waals surface area contributed by atoms with E-state index in [1.165, 1.54) is 56.2 Å². The molecular formula is C59H109N3O34P4. The van der Waals surface area contributed by atoms with Crippen molar-refractivity contribution in [1.82, 2.24) is 14.7 Å². The van der Waals surface area contributed by atoms with Crippen LogP contribution >= 0.6 is 31.3 Å². The summed E-state index contributed by atoms with van der Waals surface area (Å²) in [5.41, 5.74) is -2.27. The zero-order valence-corrected chi connectivity index (χ0v) is 61.7. The van der Waals surface area contributed by atoms with E-state index >= 15 is 0 Å². The van der Waals surface area contributed by atoms with Gasteiger partial charge in [0.1, 0.15) is 36.6 Å². The highest BCUT2D eigenvalue weighted by molar-refractivity contribution is 7.48. The number of rotatable bonds is 38. The lowest BCUT2D eigenvalue weighted by molar-refractivity contribution is -0.282. The molecule has 100 heavy (non-hydrogen) atoms. The minimum absolute atomic E-state index is 0.00607. The fraction of sp³-hybridized carbons (Fsp3) is 0.949. The summed E-state index contributed by atoms with van der Waals surface area (Å²) in [6.07, 6.45) is -17.5. The first kappa shape index (κ1) is 87.2. The summed E-state index contributed by atoms with van der Waals surface area (Å²) in [5, 5.41) is 90.9. The van der Waals surface area contributed by atoms with Crippen LogP contribution in [0.2, 0.25) is 0 Å². The van der Waals surface area contributed by atoms with Gasteiger partial charge in [-0.3, -0.25) is 50.6 Å². The number of likely N-dealkylation sites (tertiary alicyclic amines) is 3. The largest absolute Gasteiger partial charge is 0.473 e. The highest BCUT2D eigenvalue weighted by Gasteiger charge is 2.49. The van der Waals surface area contributed by atoms with E-state index in [-0.39, 0.29) is 110 Å². The fourth-order valence-corrected chi connectivity index (χ4v) is 16.8. The number of unbranched alkanes of at least 4 members (excludes halogenated alkanes) is 3. The van der Waals surface area contributed by atoms with Crippen LogP contribution in [0, 0.1) is 17.8 Å². The zero-order valence-electron chi connectivity index (χ0n) is 58.1. The number of aliphatic hydroxyl groups is 9. The number of hydrogen-bond donors (Lipinski definition) is 13. The van der Waals surface area contributed by atoms with Gasteiger partial charge >= 0.3 is 31.3 Å². The second kappa shape index (κ2) is 38.4. The Morgan fingerprint density at radius 2 is 0.670 bits per heavy atom. The van der Waals surface area contributed by atoms with Crippen LogP contribution in [0.25, 0.3) is 0 Å². The van der Waals surface area contributed by atoms with Crippen LogP contribution < -0.4 is 0 Å². The van der Waals surface area contributed by atoms with Crippen LogP contribution in [-0.2, 0) is 97.3 Å². The van der Waals surface area contributed by atoms with Crippen molar-refractivity contribution in [2.75, 3.05) is 79.1 Å². The Hall–Kier alpha value is -1.75. The standard InChI is InChI=1S/C59H109N3O34P4/c1-34-49(69)52(72)43(28-63)89-55(34)83-19-13-10-16-46(66)60-25-40(92-98(77,78)87-32-38-24-42(94-100(81,82)96-59(7,8)9)27-62(38)48(68)18-12-15-21-85-57-36(3)51(71)54(74)45(30-65)91-57)22-37(60)31-86-97(75,76)93-41-23-39(33-88-99(79,80)95-58(4,5)6)61(26-41)47(67)17-11-14-20-84-56-35(2)50(70)53(73)44(29-64)90-56/h34-45,49-57,63-65,69-74H,10-33H2,1-9H3,(H,75,76)(H,77,78)(H,79,80)(H,81,82)/t34?,35?,36?,37-,38-,39-,40+,41+,42+,43?,44?,45?,49?,50?,51?,52?,53?,54?,55?,56?,57?/m0/s1. The molecule has 13 N–H and O–H groups in total. The molecule has 6 aliphatic heterocycles. The molecule has 6 saturated heterocycles. The van der Waals surface area contributed by atoms with Crippen molar-refractivity contribution >= 4 is 49.0 Å². The lowest BCUT2D eigenvalue weighted by Crippen LogP contribution is -2.55. The van der Waals surface area contributed by atoms with Crippen LogP contribution in [0.4, 0.5) is 0 Å². The molecule has 584 valence electrons. The van der Waals surface area contributed by atoms with Crippen molar-refractivity contribution in [2.45, 2.75) is 261 Å². The van der Waals surface area contributed by atoms with Crippen molar-refractivity contribution < 1.29 is 163 Å². The molecule has 0 bridgehead atoms. The molecule has 37 nitrogen and oxygen atoms in total. The summed E-state index contributed by atoms with van der Waals surface area (Å²) in [7, 11) is -19.9. The third-order valence-corrected chi connectivity index (χ3v) is 22.4. The maximum atomic E-state index is 14.2. The smallest absolute Gasteiger partial charge is 0.394 e. The minimum atomic E-state index is -5.19. The summed E-state index contributed by atoms with van der Waals surface area (Å²) in [5.74, 6) is -3.63. The number of phosphoric ester groups is 4. The summed E-state index contributed by atoms with van der Waals surface area (Å²) in [6.45, 7) is 9.15. The van der Waals surface area contributed by atoms with Crippen molar-refractivity contribution in [3.05, 3.63) is 0 Å². The molecule has 0 aromatic rings. The monoisotopic (exact) mass is 1530 g/mol. The summed E-state index contributed by atoms with van der Waals surface area (Å²) in [4.78, 5) is 89.5. The van der Waals surface area contributed by atoms with Crippen molar-refractivity contribution in [1.29, 1.82) is 0 Å². The molecule has 0 aromatic heterocycles. The molecule has 3 amide bonds. The highest BCUT2D eigenvalue weighted by Crippen LogP contribution is 2.53. The van der Waals surface area contributed by atoms with Gasteiger partial charge in [0.25, 0.3) is 0 Å². The van der Waals surface area contributed by atoms with Crippen LogP contribution in [0.3, 0.4) is 0 Å². The topological polar surface area (TPSA) is 521 Å². The first-order valence-corrected chi connectivity index (χ1v) is 39.9. The molecule has 6 rings (SSSR count). The van der Waals surface area contributed by atoms with E-state index in [0.29, 0.717) is 0 Å². The SMILES string of the molecule is CC1C(OCCCCC(=O)N2C[C@H](OP(=O)(O)OC[C@@H]3C[C@@H](OP(=O)(O)OC(C)(C)C)CN3C(=O)CCCCOC3OC(CO)C(O)C(O)C3C)C[C@H]2COP(=O)(O)O[C@@H]2C[C@@H](COP(=O)(O)OC(C)(C)C)N(C(=O)CCCCOC3OC(CO)C(O)C(O)C3C)C2)OC(CO)C(O)C1O. The Balaban J connectivity index is 1.11. The lowest BCUT2D eigenvalue weighted by Gasteiger charge is -2.40. The van der Waals surface area contributed by atoms with Crippen molar-refractivity contribution in [3.8, 4) is 0 Å². The Labute approximate surface area is 582 Å². The Bertz CT molecular complexity index is 2770. The molecular weight excluding hydrogens is 1420 g/mol. The Morgan fingerprint density at radius 3 is 0.940 bits per heavy atom. The maximum absolute atomic E-state index is 14.2. The van der Waals surface area contributed by atoms with Crippen LogP contribution in [0.1, 0.15) is 139 Å². The maximum Gasteiger partial charge on any atom is 0.473 e. The molecule has 25 atom stereocenters. The Kier molecular flexibility index (Phi) is 33.4. The van der Waals surface area contributed by atoms with Crippen LogP contribution in [-0.4, -0.2) is 298 Å². The first-order chi connectivity index (χ1) is 46.6. The normalized spacial score (nSPS) is 35.5. The molecule has 19 unspecified atom stereocenters. The number of nitrogens with zero attached hydrogens (tertiary/aromatic N) is 3. The van der Waals surface area contributed by atoms with Crippen molar-refractivity contribution in [3.63, 3.8) is 0 Å². The highest BCUT2D eigenvalue weighted by atomic mass is 31.2. The van der Waals surface area contributed by atoms with Gasteiger partial charge in [0.05, 0.1) is 106 Å². The molecule has 0 aromatic carbocycles. The Morgan fingerprint density at radius 1 is 0.410 bits per heavy atom. The molecule has 0 spiro atoms. The average molecular weight is 1530 g/mol. The number of carbonyl (C=O) groups is 3. The number of hydrogen-bond acceptors (Lipinski definition) is 30. The van der Waals surface area contributed by atoms with Gasteiger partial charge in [0.15, 0.2) is 18.9 Å².